The maximum Gasteiger partial charge on any atom is 0.227 e. The van der Waals surface area contributed by atoms with E-state index in [0.717, 1.165) is 47.1 Å². The molecule has 3 heterocycles. The SMILES string of the molecule is Cc1nc(-c2cccnc2)sc1CC(=O)N1CCCC1. The van der Waals surface area contributed by atoms with Crippen LogP contribution in [0, 0.1) is 6.92 Å². The van der Waals surface area contributed by atoms with E-state index in [0.29, 0.717) is 6.42 Å². The smallest absolute Gasteiger partial charge is 0.227 e. The van der Waals surface area contributed by atoms with Crippen LogP contribution in [-0.4, -0.2) is 33.9 Å². The van der Waals surface area contributed by atoms with Crippen molar-refractivity contribution in [2.75, 3.05) is 13.1 Å². The summed E-state index contributed by atoms with van der Waals surface area (Å²) in [7, 11) is 0. The van der Waals surface area contributed by atoms with Crippen LogP contribution < -0.4 is 0 Å². The molecule has 0 N–H and O–H groups in total. The zero-order valence-corrected chi connectivity index (χ0v) is 12.3. The summed E-state index contributed by atoms with van der Waals surface area (Å²) >= 11 is 1.60. The molecule has 0 aromatic carbocycles. The van der Waals surface area contributed by atoms with Crippen molar-refractivity contribution in [1.82, 2.24) is 14.9 Å². The third kappa shape index (κ3) is 2.72. The van der Waals surface area contributed by atoms with Gasteiger partial charge in [-0.3, -0.25) is 9.78 Å². The van der Waals surface area contributed by atoms with Crippen LogP contribution in [-0.2, 0) is 11.2 Å². The Labute approximate surface area is 122 Å². The maximum atomic E-state index is 12.2. The second kappa shape index (κ2) is 5.71. The molecule has 0 unspecified atom stereocenters. The lowest BCUT2D eigenvalue weighted by Gasteiger charge is -2.14. The predicted molar refractivity (Wildman–Crippen MR) is 79.6 cm³/mol. The zero-order valence-electron chi connectivity index (χ0n) is 11.5. The molecule has 0 aliphatic carbocycles. The summed E-state index contributed by atoms with van der Waals surface area (Å²) in [5.41, 5.74) is 1.97. The summed E-state index contributed by atoms with van der Waals surface area (Å²) in [5, 5.41) is 0.944. The fourth-order valence-corrected chi connectivity index (χ4v) is 3.46. The van der Waals surface area contributed by atoms with Crippen LogP contribution in [0.15, 0.2) is 24.5 Å². The molecule has 104 valence electrons. The monoisotopic (exact) mass is 287 g/mol. The van der Waals surface area contributed by atoms with Crippen molar-refractivity contribution in [2.45, 2.75) is 26.2 Å². The molecular formula is C15H17N3OS. The number of carbonyl (C=O) groups is 1. The van der Waals surface area contributed by atoms with Gasteiger partial charge in [-0.2, -0.15) is 0 Å². The number of thiazole rings is 1. The second-order valence-corrected chi connectivity index (χ2v) is 6.12. The molecule has 20 heavy (non-hydrogen) atoms. The Morgan fingerprint density at radius 2 is 2.20 bits per heavy atom. The van der Waals surface area contributed by atoms with Crippen molar-refractivity contribution < 1.29 is 4.79 Å². The summed E-state index contributed by atoms with van der Waals surface area (Å²) in [6.45, 7) is 3.79. The standard InChI is InChI=1S/C15H17N3OS/c1-11-13(9-14(19)18-7-2-3-8-18)20-15(17-11)12-5-4-6-16-10-12/h4-6,10H,2-3,7-9H2,1H3. The summed E-state index contributed by atoms with van der Waals surface area (Å²) in [5.74, 6) is 0.229. The number of aromatic nitrogens is 2. The first-order chi connectivity index (χ1) is 9.74. The first-order valence-corrected chi connectivity index (χ1v) is 7.70. The molecule has 4 nitrogen and oxygen atoms in total. The Morgan fingerprint density at radius 1 is 1.40 bits per heavy atom. The van der Waals surface area contributed by atoms with Crippen LogP contribution in [0.1, 0.15) is 23.4 Å². The fraction of sp³-hybridized carbons (Fsp3) is 0.400. The zero-order chi connectivity index (χ0) is 13.9. The number of amides is 1. The minimum absolute atomic E-state index is 0.229. The Morgan fingerprint density at radius 3 is 2.90 bits per heavy atom. The first-order valence-electron chi connectivity index (χ1n) is 6.88. The molecule has 0 atom stereocenters. The van der Waals surface area contributed by atoms with Gasteiger partial charge >= 0.3 is 0 Å². The molecule has 5 heteroatoms. The van der Waals surface area contributed by atoms with Gasteiger partial charge in [-0.15, -0.1) is 11.3 Å². The van der Waals surface area contributed by atoms with Crippen LogP contribution >= 0.6 is 11.3 Å². The van der Waals surface area contributed by atoms with Crippen LogP contribution in [0.25, 0.3) is 10.6 Å². The van der Waals surface area contributed by atoms with Crippen molar-refractivity contribution in [2.24, 2.45) is 0 Å². The van der Waals surface area contributed by atoms with E-state index in [1.807, 2.05) is 30.2 Å². The van der Waals surface area contributed by atoms with Gasteiger partial charge < -0.3 is 4.90 Å². The van der Waals surface area contributed by atoms with E-state index < -0.39 is 0 Å². The molecule has 0 radical (unpaired) electrons. The van der Waals surface area contributed by atoms with Crippen molar-refractivity contribution in [1.29, 1.82) is 0 Å². The van der Waals surface area contributed by atoms with Crippen LogP contribution in [0.3, 0.4) is 0 Å². The Kier molecular flexibility index (Phi) is 3.78. The Bertz CT molecular complexity index is 603. The third-order valence-corrected chi connectivity index (χ3v) is 4.78. The van der Waals surface area contributed by atoms with Crippen LogP contribution in [0.5, 0.6) is 0 Å². The Hall–Kier alpha value is -1.75. The third-order valence-electron chi connectivity index (χ3n) is 3.57. The quantitative estimate of drug-likeness (QED) is 0.872. The number of hydrogen-bond donors (Lipinski definition) is 0. The highest BCUT2D eigenvalue weighted by molar-refractivity contribution is 7.15. The van der Waals surface area contributed by atoms with E-state index in [2.05, 4.69) is 9.97 Å². The van der Waals surface area contributed by atoms with Gasteiger partial charge in [-0.25, -0.2) is 4.98 Å². The largest absolute Gasteiger partial charge is 0.342 e. The number of hydrogen-bond acceptors (Lipinski definition) is 4. The Balaban J connectivity index is 1.77. The number of pyridine rings is 1. The highest BCUT2D eigenvalue weighted by Crippen LogP contribution is 2.28. The molecule has 0 bridgehead atoms. The van der Waals surface area contributed by atoms with E-state index in [1.165, 1.54) is 0 Å². The van der Waals surface area contributed by atoms with Gasteiger partial charge in [0, 0.05) is 35.9 Å². The van der Waals surface area contributed by atoms with E-state index in [9.17, 15) is 4.79 Å². The van der Waals surface area contributed by atoms with E-state index in [-0.39, 0.29) is 5.91 Å². The minimum Gasteiger partial charge on any atom is -0.342 e. The topological polar surface area (TPSA) is 46.1 Å². The highest BCUT2D eigenvalue weighted by atomic mass is 32.1. The average molecular weight is 287 g/mol. The maximum absolute atomic E-state index is 12.2. The van der Waals surface area contributed by atoms with Crippen LogP contribution in [0.4, 0.5) is 0 Å². The molecule has 3 rings (SSSR count). The molecule has 1 amide bonds. The predicted octanol–water partition coefficient (Wildman–Crippen LogP) is 2.68. The van der Waals surface area contributed by atoms with Crippen molar-refractivity contribution in [3.05, 3.63) is 35.1 Å². The number of likely N-dealkylation sites (tertiary alicyclic amines) is 1. The molecule has 1 fully saturated rings. The van der Waals surface area contributed by atoms with E-state index in [4.69, 9.17) is 0 Å². The van der Waals surface area contributed by atoms with Gasteiger partial charge in [0.25, 0.3) is 0 Å². The van der Waals surface area contributed by atoms with Crippen molar-refractivity contribution in [3.8, 4) is 10.6 Å². The lowest BCUT2D eigenvalue weighted by atomic mass is 10.2. The summed E-state index contributed by atoms with van der Waals surface area (Å²) in [4.78, 5) is 23.9. The molecule has 1 aliphatic heterocycles. The highest BCUT2D eigenvalue weighted by Gasteiger charge is 2.20. The lowest BCUT2D eigenvalue weighted by molar-refractivity contribution is -0.129. The van der Waals surface area contributed by atoms with Gasteiger partial charge in [0.1, 0.15) is 5.01 Å². The number of nitrogens with zero attached hydrogens (tertiary/aromatic N) is 3. The molecule has 1 aliphatic rings. The fourth-order valence-electron chi connectivity index (χ4n) is 2.42. The van der Waals surface area contributed by atoms with Crippen molar-refractivity contribution >= 4 is 17.2 Å². The molecule has 0 saturated carbocycles. The number of carbonyl (C=O) groups excluding carboxylic acids is 1. The van der Waals surface area contributed by atoms with Gasteiger partial charge in [0.15, 0.2) is 0 Å². The van der Waals surface area contributed by atoms with Crippen LogP contribution in [0.2, 0.25) is 0 Å². The lowest BCUT2D eigenvalue weighted by Crippen LogP contribution is -2.28. The normalized spacial score (nSPS) is 14.8. The van der Waals surface area contributed by atoms with Gasteiger partial charge in [-0.1, -0.05) is 0 Å². The molecule has 1 saturated heterocycles. The molecule has 0 spiro atoms. The van der Waals surface area contributed by atoms with E-state index >= 15 is 0 Å². The first kappa shape index (κ1) is 13.2. The summed E-state index contributed by atoms with van der Waals surface area (Å²) < 4.78 is 0. The molecular weight excluding hydrogens is 270 g/mol. The molecule has 2 aromatic rings. The number of rotatable bonds is 3. The second-order valence-electron chi connectivity index (χ2n) is 5.03. The average Bonchev–Trinajstić information content (AvgIpc) is 3.10. The van der Waals surface area contributed by atoms with Gasteiger partial charge in [-0.05, 0) is 31.9 Å². The van der Waals surface area contributed by atoms with Gasteiger partial charge in [0.05, 0.1) is 12.1 Å². The molecule has 2 aromatic heterocycles. The summed E-state index contributed by atoms with van der Waals surface area (Å²) in [6, 6.07) is 3.90. The number of aryl methyl sites for hydroxylation is 1. The summed E-state index contributed by atoms with van der Waals surface area (Å²) in [6.07, 6.45) is 6.30. The van der Waals surface area contributed by atoms with E-state index in [1.54, 1.807) is 17.5 Å². The van der Waals surface area contributed by atoms with Gasteiger partial charge in [0.2, 0.25) is 5.91 Å². The minimum atomic E-state index is 0.229. The van der Waals surface area contributed by atoms with Crippen molar-refractivity contribution in [3.63, 3.8) is 0 Å².